The van der Waals surface area contributed by atoms with Gasteiger partial charge in [0.05, 0.1) is 5.54 Å². The van der Waals surface area contributed by atoms with E-state index in [0.29, 0.717) is 25.8 Å². The van der Waals surface area contributed by atoms with Gasteiger partial charge in [0.1, 0.15) is 6.04 Å². The van der Waals surface area contributed by atoms with Gasteiger partial charge in [-0.2, -0.15) is 0 Å². The second-order valence-electron chi connectivity index (χ2n) is 5.65. The van der Waals surface area contributed by atoms with E-state index in [1.807, 2.05) is 30.3 Å². The molecule has 1 saturated heterocycles. The Morgan fingerprint density at radius 2 is 1.95 bits per heavy atom. The predicted molar refractivity (Wildman–Crippen MR) is 83.4 cm³/mol. The van der Waals surface area contributed by atoms with Crippen molar-refractivity contribution >= 4 is 29.9 Å². The third-order valence-electron chi connectivity index (χ3n) is 4.05. The van der Waals surface area contributed by atoms with Crippen molar-refractivity contribution in [3.63, 3.8) is 0 Å². The zero-order valence-corrected chi connectivity index (χ0v) is 12.6. The van der Waals surface area contributed by atoms with Crippen molar-refractivity contribution in [3.05, 3.63) is 30.3 Å². The van der Waals surface area contributed by atoms with Gasteiger partial charge >= 0.3 is 0 Å². The Bertz CT molecular complexity index is 531. The molecule has 1 aliphatic carbocycles. The second-order valence-corrected chi connectivity index (χ2v) is 5.65. The van der Waals surface area contributed by atoms with Crippen molar-refractivity contribution in [1.29, 1.82) is 0 Å². The Labute approximate surface area is 130 Å². The summed E-state index contributed by atoms with van der Waals surface area (Å²) in [5, 5.41) is 2.82. The lowest BCUT2D eigenvalue weighted by atomic mass is 10.0. The number of amides is 2. The van der Waals surface area contributed by atoms with E-state index in [1.165, 1.54) is 0 Å². The van der Waals surface area contributed by atoms with Crippen molar-refractivity contribution in [2.75, 3.05) is 11.4 Å². The first-order chi connectivity index (χ1) is 9.60. The van der Waals surface area contributed by atoms with Crippen LogP contribution in [0.5, 0.6) is 0 Å². The molecule has 5 nitrogen and oxygen atoms in total. The Morgan fingerprint density at radius 1 is 1.29 bits per heavy atom. The fourth-order valence-electron chi connectivity index (χ4n) is 2.54. The van der Waals surface area contributed by atoms with E-state index in [0.717, 1.165) is 12.1 Å². The highest BCUT2D eigenvalue weighted by molar-refractivity contribution is 6.01. The van der Waals surface area contributed by atoms with Gasteiger partial charge in [-0.05, 0) is 37.8 Å². The molecule has 3 N–H and O–H groups in total. The fraction of sp³-hybridized carbons (Fsp3) is 0.467. The summed E-state index contributed by atoms with van der Waals surface area (Å²) in [4.78, 5) is 26.2. The molecule has 1 aromatic rings. The van der Waals surface area contributed by atoms with Gasteiger partial charge in [0.15, 0.2) is 0 Å². The first-order valence-corrected chi connectivity index (χ1v) is 7.06. The molecule has 2 amide bonds. The van der Waals surface area contributed by atoms with Gasteiger partial charge in [-0.3, -0.25) is 9.59 Å². The number of halogens is 1. The first-order valence-electron chi connectivity index (χ1n) is 7.06. The monoisotopic (exact) mass is 309 g/mol. The number of hydrogen-bond donors (Lipinski definition) is 2. The highest BCUT2D eigenvalue weighted by atomic mass is 35.5. The quantitative estimate of drug-likeness (QED) is 0.881. The van der Waals surface area contributed by atoms with Gasteiger partial charge in [-0.25, -0.2) is 0 Å². The van der Waals surface area contributed by atoms with Crippen molar-refractivity contribution < 1.29 is 9.59 Å². The molecule has 2 aliphatic rings. The van der Waals surface area contributed by atoms with Crippen molar-refractivity contribution in [2.24, 2.45) is 5.73 Å². The summed E-state index contributed by atoms with van der Waals surface area (Å²) in [6.45, 7) is 0.697. The molecule has 3 rings (SSSR count). The van der Waals surface area contributed by atoms with Gasteiger partial charge in [0, 0.05) is 12.2 Å². The predicted octanol–water partition coefficient (Wildman–Crippen LogP) is 1.21. The van der Waals surface area contributed by atoms with Gasteiger partial charge in [0.2, 0.25) is 11.8 Å². The SMILES string of the molecule is Cl.NC1(C(=O)NC2CCCN(c3ccccc3)C2=O)CC1. The minimum atomic E-state index is -0.727. The number of para-hydroxylation sites is 1. The lowest BCUT2D eigenvalue weighted by Crippen LogP contribution is -2.56. The summed E-state index contributed by atoms with van der Waals surface area (Å²) >= 11 is 0. The van der Waals surface area contributed by atoms with Crippen molar-refractivity contribution in [1.82, 2.24) is 5.32 Å². The van der Waals surface area contributed by atoms with Gasteiger partial charge in [0.25, 0.3) is 0 Å². The lowest BCUT2D eigenvalue weighted by molar-refractivity contribution is -0.129. The van der Waals surface area contributed by atoms with E-state index < -0.39 is 11.6 Å². The van der Waals surface area contributed by atoms with Crippen molar-refractivity contribution in [2.45, 2.75) is 37.3 Å². The zero-order valence-electron chi connectivity index (χ0n) is 11.7. The van der Waals surface area contributed by atoms with E-state index in [4.69, 9.17) is 5.73 Å². The smallest absolute Gasteiger partial charge is 0.249 e. The number of piperidine rings is 1. The number of nitrogens with zero attached hydrogens (tertiary/aromatic N) is 1. The second kappa shape index (κ2) is 6.03. The summed E-state index contributed by atoms with van der Waals surface area (Å²) in [7, 11) is 0. The van der Waals surface area contributed by atoms with Crippen LogP contribution in [0.15, 0.2) is 30.3 Å². The fourth-order valence-corrected chi connectivity index (χ4v) is 2.54. The maximum atomic E-state index is 12.5. The molecule has 114 valence electrons. The van der Waals surface area contributed by atoms with Gasteiger partial charge < -0.3 is 16.0 Å². The average molecular weight is 310 g/mol. The number of carbonyl (C=O) groups is 2. The lowest BCUT2D eigenvalue weighted by Gasteiger charge is -2.33. The van der Waals surface area contributed by atoms with Crippen LogP contribution in [0.25, 0.3) is 0 Å². The van der Waals surface area contributed by atoms with Crippen LogP contribution in [0.2, 0.25) is 0 Å². The number of nitrogens with one attached hydrogen (secondary N) is 1. The van der Waals surface area contributed by atoms with Crippen LogP contribution in [0.1, 0.15) is 25.7 Å². The molecular weight excluding hydrogens is 290 g/mol. The Morgan fingerprint density at radius 3 is 2.57 bits per heavy atom. The summed E-state index contributed by atoms with van der Waals surface area (Å²) in [6, 6.07) is 9.11. The molecular formula is C15H20ClN3O2. The topological polar surface area (TPSA) is 75.4 Å². The minimum Gasteiger partial charge on any atom is -0.343 e. The minimum absolute atomic E-state index is 0. The van der Waals surface area contributed by atoms with E-state index in [2.05, 4.69) is 5.32 Å². The zero-order chi connectivity index (χ0) is 14.2. The molecule has 1 aromatic carbocycles. The maximum Gasteiger partial charge on any atom is 0.249 e. The van der Waals surface area contributed by atoms with Crippen molar-refractivity contribution in [3.8, 4) is 0 Å². The third kappa shape index (κ3) is 3.19. The molecule has 0 bridgehead atoms. The summed E-state index contributed by atoms with van der Waals surface area (Å²) in [5.74, 6) is -0.231. The molecule has 1 unspecified atom stereocenters. The van der Waals surface area contributed by atoms with Gasteiger partial charge in [-0.15, -0.1) is 12.4 Å². The highest BCUT2D eigenvalue weighted by Gasteiger charge is 2.47. The third-order valence-corrected chi connectivity index (χ3v) is 4.05. The number of hydrogen-bond acceptors (Lipinski definition) is 3. The van der Waals surface area contributed by atoms with Gasteiger partial charge in [-0.1, -0.05) is 18.2 Å². The van der Waals surface area contributed by atoms with Crippen LogP contribution in [0, 0.1) is 0 Å². The number of rotatable bonds is 3. The standard InChI is InChI=1S/C15H19N3O2.ClH/c16-15(8-9-15)14(20)17-12-7-4-10-18(13(12)19)11-5-2-1-3-6-11;/h1-3,5-6,12H,4,7-10,16H2,(H,17,20);1H. The van der Waals surface area contributed by atoms with Crippen LogP contribution in [-0.4, -0.2) is 29.9 Å². The van der Waals surface area contributed by atoms with Crippen LogP contribution in [0.4, 0.5) is 5.69 Å². The summed E-state index contributed by atoms with van der Waals surface area (Å²) in [5.41, 5.74) is 6.01. The van der Waals surface area contributed by atoms with E-state index in [1.54, 1.807) is 4.90 Å². The molecule has 6 heteroatoms. The van der Waals surface area contributed by atoms with Crippen LogP contribution in [-0.2, 0) is 9.59 Å². The number of anilines is 1. The molecule has 1 saturated carbocycles. The normalized spacial score (nSPS) is 23.2. The molecule has 0 aromatic heterocycles. The molecule has 21 heavy (non-hydrogen) atoms. The number of carbonyl (C=O) groups excluding carboxylic acids is 2. The molecule has 2 fully saturated rings. The van der Waals surface area contributed by atoms with E-state index in [-0.39, 0.29) is 24.2 Å². The first kappa shape index (κ1) is 15.8. The van der Waals surface area contributed by atoms with Crippen LogP contribution >= 0.6 is 12.4 Å². The number of benzene rings is 1. The van der Waals surface area contributed by atoms with Crippen LogP contribution < -0.4 is 16.0 Å². The molecule has 1 aliphatic heterocycles. The molecule has 1 heterocycles. The maximum absolute atomic E-state index is 12.5. The number of nitrogens with two attached hydrogens (primary N) is 1. The van der Waals surface area contributed by atoms with Crippen LogP contribution in [0.3, 0.4) is 0 Å². The molecule has 1 atom stereocenters. The molecule has 0 radical (unpaired) electrons. The largest absolute Gasteiger partial charge is 0.343 e. The highest BCUT2D eigenvalue weighted by Crippen LogP contribution is 2.32. The summed E-state index contributed by atoms with van der Waals surface area (Å²) < 4.78 is 0. The average Bonchev–Trinajstić information content (AvgIpc) is 3.21. The summed E-state index contributed by atoms with van der Waals surface area (Å²) in [6.07, 6.45) is 2.98. The van der Waals surface area contributed by atoms with E-state index in [9.17, 15) is 9.59 Å². The Balaban J connectivity index is 0.00000161. The van der Waals surface area contributed by atoms with E-state index >= 15 is 0 Å². The Hall–Kier alpha value is -1.59. The Kier molecular flexibility index (Phi) is 4.54. The molecule has 0 spiro atoms.